The molecule has 1 N–H and O–H groups in total. The molecule has 0 amide bonds. The summed E-state index contributed by atoms with van der Waals surface area (Å²) in [4.78, 5) is 10.2. The summed E-state index contributed by atoms with van der Waals surface area (Å²) in [6, 6.07) is 0. The second-order valence-electron chi connectivity index (χ2n) is 5.07. The summed E-state index contributed by atoms with van der Waals surface area (Å²) in [5.41, 5.74) is 3.23. The van der Waals surface area contributed by atoms with E-state index >= 15 is 0 Å². The standard InChI is InChI=1S/C14H19N3OS/c1-8-17-12-11(13(18-3)9-5-4-6-9)10(15-2)7-16-14(12)19-8/h7,9,13,15H,4-6H2,1-3H3. The van der Waals surface area contributed by atoms with Crippen LogP contribution in [0.3, 0.4) is 0 Å². The first-order chi connectivity index (χ1) is 9.24. The predicted octanol–water partition coefficient (Wildman–Crippen LogP) is 3.53. The summed E-state index contributed by atoms with van der Waals surface area (Å²) in [5.74, 6) is 0.615. The number of thiazole rings is 1. The van der Waals surface area contributed by atoms with Gasteiger partial charge in [-0.15, -0.1) is 0 Å². The fourth-order valence-electron chi connectivity index (χ4n) is 2.78. The first-order valence-corrected chi connectivity index (χ1v) is 7.52. The highest BCUT2D eigenvalue weighted by molar-refractivity contribution is 7.18. The Hall–Kier alpha value is -1.20. The lowest BCUT2D eigenvalue weighted by molar-refractivity contribution is 0.0192. The van der Waals surface area contributed by atoms with Crippen LogP contribution >= 0.6 is 11.3 Å². The number of fused-ring (bicyclic) bond motifs is 1. The van der Waals surface area contributed by atoms with Gasteiger partial charge in [0.2, 0.25) is 0 Å². The van der Waals surface area contributed by atoms with Crippen molar-refractivity contribution in [3.8, 4) is 0 Å². The predicted molar refractivity (Wildman–Crippen MR) is 78.8 cm³/mol. The molecule has 0 aliphatic heterocycles. The Morgan fingerprint density at radius 3 is 2.84 bits per heavy atom. The maximum Gasteiger partial charge on any atom is 0.143 e. The van der Waals surface area contributed by atoms with Gasteiger partial charge in [-0.1, -0.05) is 17.8 Å². The highest BCUT2D eigenvalue weighted by Crippen LogP contribution is 2.44. The maximum absolute atomic E-state index is 5.80. The van der Waals surface area contributed by atoms with Crippen LogP contribution in [0.15, 0.2) is 6.20 Å². The van der Waals surface area contributed by atoms with Gasteiger partial charge in [0.05, 0.1) is 23.0 Å². The smallest absolute Gasteiger partial charge is 0.143 e. The Kier molecular flexibility index (Phi) is 3.41. The van der Waals surface area contributed by atoms with Crippen molar-refractivity contribution in [3.05, 3.63) is 16.8 Å². The number of aromatic nitrogens is 2. The van der Waals surface area contributed by atoms with Gasteiger partial charge in [0, 0.05) is 19.7 Å². The summed E-state index contributed by atoms with van der Waals surface area (Å²) in [7, 11) is 3.73. The number of pyridine rings is 1. The second-order valence-corrected chi connectivity index (χ2v) is 6.25. The van der Waals surface area contributed by atoms with E-state index in [1.54, 1.807) is 18.4 Å². The number of ether oxygens (including phenoxy) is 1. The second kappa shape index (κ2) is 5.06. The van der Waals surface area contributed by atoms with Gasteiger partial charge in [0.25, 0.3) is 0 Å². The number of methoxy groups -OCH3 is 1. The molecule has 5 heteroatoms. The molecule has 19 heavy (non-hydrogen) atoms. The van der Waals surface area contributed by atoms with Crippen molar-refractivity contribution < 1.29 is 4.74 Å². The molecule has 0 radical (unpaired) electrons. The Labute approximate surface area is 117 Å². The molecule has 2 aromatic heterocycles. The highest BCUT2D eigenvalue weighted by Gasteiger charge is 2.32. The Morgan fingerprint density at radius 2 is 2.26 bits per heavy atom. The number of anilines is 1. The zero-order valence-electron chi connectivity index (χ0n) is 11.6. The topological polar surface area (TPSA) is 47.0 Å². The van der Waals surface area contributed by atoms with Crippen LogP contribution in [0.1, 0.15) is 35.9 Å². The molecule has 4 nitrogen and oxygen atoms in total. The molecule has 1 saturated carbocycles. The quantitative estimate of drug-likeness (QED) is 0.928. The molecule has 2 heterocycles. The van der Waals surface area contributed by atoms with Crippen LogP contribution in [-0.4, -0.2) is 24.1 Å². The van der Waals surface area contributed by atoms with Gasteiger partial charge in [0.1, 0.15) is 10.3 Å². The number of hydrogen-bond acceptors (Lipinski definition) is 5. The number of nitrogens with zero attached hydrogens (tertiary/aromatic N) is 2. The van der Waals surface area contributed by atoms with Crippen molar-refractivity contribution in [2.24, 2.45) is 5.92 Å². The summed E-state index contributed by atoms with van der Waals surface area (Å²) < 4.78 is 5.80. The summed E-state index contributed by atoms with van der Waals surface area (Å²) in [6.45, 7) is 2.03. The van der Waals surface area contributed by atoms with Crippen LogP contribution in [0.25, 0.3) is 10.3 Å². The van der Waals surface area contributed by atoms with Gasteiger partial charge < -0.3 is 10.1 Å². The van der Waals surface area contributed by atoms with Gasteiger partial charge in [-0.25, -0.2) is 9.97 Å². The van der Waals surface area contributed by atoms with Gasteiger partial charge in [-0.3, -0.25) is 0 Å². The molecule has 1 aliphatic rings. The molecule has 102 valence electrons. The molecule has 0 spiro atoms. The van der Waals surface area contributed by atoms with E-state index < -0.39 is 0 Å². The van der Waals surface area contributed by atoms with Crippen molar-refractivity contribution in [2.75, 3.05) is 19.5 Å². The minimum absolute atomic E-state index is 0.128. The lowest BCUT2D eigenvalue weighted by Gasteiger charge is -2.33. The van der Waals surface area contributed by atoms with Gasteiger partial charge >= 0.3 is 0 Å². The highest BCUT2D eigenvalue weighted by atomic mass is 32.1. The monoisotopic (exact) mass is 277 g/mol. The largest absolute Gasteiger partial charge is 0.387 e. The fourth-order valence-corrected chi connectivity index (χ4v) is 3.55. The van der Waals surface area contributed by atoms with Crippen LogP contribution in [0.2, 0.25) is 0 Å². The normalized spacial score (nSPS) is 17.4. The number of hydrogen-bond donors (Lipinski definition) is 1. The van der Waals surface area contributed by atoms with Crippen LogP contribution in [-0.2, 0) is 4.74 Å². The molecule has 1 atom stereocenters. The minimum Gasteiger partial charge on any atom is -0.387 e. The Bertz CT molecular complexity index is 592. The van der Waals surface area contributed by atoms with Crippen LogP contribution < -0.4 is 5.32 Å². The van der Waals surface area contributed by atoms with E-state index in [9.17, 15) is 0 Å². The van der Waals surface area contributed by atoms with Crippen LogP contribution in [0, 0.1) is 12.8 Å². The molecular formula is C14H19N3OS. The maximum atomic E-state index is 5.80. The number of rotatable bonds is 4. The molecule has 0 bridgehead atoms. The third-order valence-electron chi connectivity index (χ3n) is 3.96. The third kappa shape index (κ3) is 2.11. The van der Waals surface area contributed by atoms with Crippen molar-refractivity contribution >= 4 is 27.4 Å². The van der Waals surface area contributed by atoms with Crippen molar-refractivity contribution in [1.29, 1.82) is 0 Å². The molecule has 1 fully saturated rings. The molecule has 3 rings (SSSR count). The average molecular weight is 277 g/mol. The minimum atomic E-state index is 0.128. The third-order valence-corrected chi connectivity index (χ3v) is 4.84. The average Bonchev–Trinajstić information content (AvgIpc) is 2.72. The van der Waals surface area contributed by atoms with Crippen molar-refractivity contribution in [3.63, 3.8) is 0 Å². The zero-order valence-corrected chi connectivity index (χ0v) is 12.4. The van der Waals surface area contributed by atoms with Crippen LogP contribution in [0.5, 0.6) is 0 Å². The molecule has 1 unspecified atom stereocenters. The molecular weight excluding hydrogens is 258 g/mol. The first kappa shape index (κ1) is 12.8. The van der Waals surface area contributed by atoms with E-state index in [1.807, 2.05) is 20.2 Å². The van der Waals surface area contributed by atoms with E-state index in [0.29, 0.717) is 5.92 Å². The zero-order chi connectivity index (χ0) is 13.4. The van der Waals surface area contributed by atoms with E-state index in [4.69, 9.17) is 4.74 Å². The van der Waals surface area contributed by atoms with Gasteiger partial charge in [-0.05, 0) is 25.7 Å². The fraction of sp³-hybridized carbons (Fsp3) is 0.571. The summed E-state index contributed by atoms with van der Waals surface area (Å²) in [5, 5.41) is 4.29. The van der Waals surface area contributed by atoms with Crippen molar-refractivity contribution in [1.82, 2.24) is 9.97 Å². The van der Waals surface area contributed by atoms with Gasteiger partial charge in [-0.2, -0.15) is 0 Å². The molecule has 2 aromatic rings. The Balaban J connectivity index is 2.17. The molecule has 0 saturated heterocycles. The number of aryl methyl sites for hydroxylation is 1. The molecule has 1 aliphatic carbocycles. The molecule has 0 aromatic carbocycles. The van der Waals surface area contributed by atoms with E-state index in [0.717, 1.165) is 21.0 Å². The van der Waals surface area contributed by atoms with E-state index in [1.165, 1.54) is 24.8 Å². The van der Waals surface area contributed by atoms with E-state index in [-0.39, 0.29) is 6.10 Å². The summed E-state index contributed by atoms with van der Waals surface area (Å²) >= 11 is 1.65. The Morgan fingerprint density at radius 1 is 1.47 bits per heavy atom. The number of nitrogens with one attached hydrogen (secondary N) is 1. The first-order valence-electron chi connectivity index (χ1n) is 6.71. The van der Waals surface area contributed by atoms with Crippen LogP contribution in [0.4, 0.5) is 5.69 Å². The van der Waals surface area contributed by atoms with E-state index in [2.05, 4.69) is 15.3 Å². The lowest BCUT2D eigenvalue weighted by atomic mass is 9.78. The lowest BCUT2D eigenvalue weighted by Crippen LogP contribution is -2.23. The SMILES string of the molecule is CNc1cnc2sc(C)nc2c1C(OC)C1CCC1. The summed E-state index contributed by atoms with van der Waals surface area (Å²) in [6.07, 6.45) is 5.83. The van der Waals surface area contributed by atoms with Crippen molar-refractivity contribution in [2.45, 2.75) is 32.3 Å². The van der Waals surface area contributed by atoms with Gasteiger partial charge in [0.15, 0.2) is 0 Å².